The number of likely N-dealkylation sites (tertiary alicyclic amines) is 1. The fraction of sp³-hybridized carbons (Fsp3) is 0.556. The molecule has 1 amide bonds. The monoisotopic (exact) mass is 319 g/mol. The van der Waals surface area contributed by atoms with Crippen molar-refractivity contribution in [2.45, 2.75) is 51.2 Å². The third-order valence-corrected chi connectivity index (χ3v) is 3.93. The van der Waals surface area contributed by atoms with Gasteiger partial charge in [-0.05, 0) is 39.2 Å². The topological polar surface area (TPSA) is 55.8 Å². The summed E-state index contributed by atoms with van der Waals surface area (Å²) in [6.45, 7) is 6.11. The van der Waals surface area contributed by atoms with E-state index >= 15 is 0 Å². The van der Waals surface area contributed by atoms with E-state index in [1.165, 1.54) is 7.11 Å². The zero-order valence-electron chi connectivity index (χ0n) is 14.2. The molecule has 1 aliphatic rings. The maximum atomic E-state index is 12.5. The summed E-state index contributed by atoms with van der Waals surface area (Å²) >= 11 is 0. The van der Waals surface area contributed by atoms with Gasteiger partial charge >= 0.3 is 12.1 Å². The molecular formula is C18H25NO4. The lowest BCUT2D eigenvalue weighted by Crippen LogP contribution is -2.44. The average Bonchev–Trinajstić information content (AvgIpc) is 2.96. The van der Waals surface area contributed by atoms with Crippen LogP contribution >= 0.6 is 0 Å². The van der Waals surface area contributed by atoms with E-state index in [0.29, 0.717) is 6.54 Å². The molecule has 2 atom stereocenters. The molecule has 5 nitrogen and oxygen atoms in total. The molecule has 5 heteroatoms. The molecule has 23 heavy (non-hydrogen) atoms. The van der Waals surface area contributed by atoms with Crippen LogP contribution < -0.4 is 0 Å². The number of esters is 1. The number of carbonyl (C=O) groups excluding carboxylic acids is 2. The van der Waals surface area contributed by atoms with E-state index < -0.39 is 11.5 Å². The van der Waals surface area contributed by atoms with Crippen LogP contribution in [0.5, 0.6) is 0 Å². The number of methoxy groups -OCH3 is 1. The molecule has 1 aliphatic heterocycles. The fourth-order valence-electron chi connectivity index (χ4n) is 2.99. The highest BCUT2D eigenvalue weighted by atomic mass is 16.6. The van der Waals surface area contributed by atoms with E-state index in [-0.39, 0.29) is 18.1 Å². The Morgan fingerprint density at radius 1 is 1.22 bits per heavy atom. The molecule has 1 saturated heterocycles. The summed E-state index contributed by atoms with van der Waals surface area (Å²) in [6.07, 6.45) is 1.24. The molecule has 0 N–H and O–H groups in total. The first-order valence-electron chi connectivity index (χ1n) is 7.96. The van der Waals surface area contributed by atoms with Crippen molar-refractivity contribution in [3.63, 3.8) is 0 Å². The Morgan fingerprint density at radius 3 is 2.43 bits per heavy atom. The van der Waals surface area contributed by atoms with Crippen molar-refractivity contribution in [3.8, 4) is 0 Å². The molecule has 1 aromatic carbocycles. The van der Waals surface area contributed by atoms with Crippen LogP contribution in [0.25, 0.3) is 0 Å². The zero-order valence-corrected chi connectivity index (χ0v) is 14.2. The second-order valence-electron chi connectivity index (χ2n) is 6.79. The van der Waals surface area contributed by atoms with Gasteiger partial charge in [0.2, 0.25) is 0 Å². The molecule has 0 spiro atoms. The molecule has 0 unspecified atom stereocenters. The van der Waals surface area contributed by atoms with E-state index in [4.69, 9.17) is 9.47 Å². The molecule has 1 aromatic rings. The maximum absolute atomic E-state index is 12.5. The van der Waals surface area contributed by atoms with Crippen LogP contribution in [0.1, 0.15) is 45.1 Å². The highest BCUT2D eigenvalue weighted by Gasteiger charge is 2.41. The summed E-state index contributed by atoms with van der Waals surface area (Å²) in [6, 6.07) is 9.23. The number of carbonyl (C=O) groups is 2. The molecule has 1 fully saturated rings. The Balaban J connectivity index is 2.27. The number of rotatable bonds is 3. The Bertz CT molecular complexity index is 550. The molecule has 0 saturated carbocycles. The van der Waals surface area contributed by atoms with Gasteiger partial charge in [0, 0.05) is 6.54 Å². The van der Waals surface area contributed by atoms with Crippen molar-refractivity contribution in [1.29, 1.82) is 0 Å². The predicted molar refractivity (Wildman–Crippen MR) is 87.2 cm³/mol. The van der Waals surface area contributed by atoms with Crippen molar-refractivity contribution < 1.29 is 19.1 Å². The van der Waals surface area contributed by atoms with Gasteiger partial charge in [-0.25, -0.2) is 4.79 Å². The van der Waals surface area contributed by atoms with Crippen LogP contribution in [0, 0.1) is 0 Å². The zero-order chi connectivity index (χ0) is 17.0. The second-order valence-corrected chi connectivity index (χ2v) is 6.79. The number of hydrogen-bond donors (Lipinski definition) is 0. The van der Waals surface area contributed by atoms with E-state index in [1.807, 2.05) is 51.1 Å². The summed E-state index contributed by atoms with van der Waals surface area (Å²) in [5, 5.41) is 0. The Kier molecular flexibility index (Phi) is 5.29. The first kappa shape index (κ1) is 17.3. The summed E-state index contributed by atoms with van der Waals surface area (Å²) in [5.41, 5.74) is 0.303. The van der Waals surface area contributed by atoms with Gasteiger partial charge in [0.05, 0.1) is 13.2 Å². The largest absolute Gasteiger partial charge is 0.468 e. The summed E-state index contributed by atoms with van der Waals surface area (Å²) in [5.74, 6) is -0.812. The van der Waals surface area contributed by atoms with Gasteiger partial charge in [-0.15, -0.1) is 0 Å². The van der Waals surface area contributed by atoms with Crippen LogP contribution in [0.2, 0.25) is 0 Å². The molecule has 0 radical (unpaired) electrons. The molecule has 126 valence electrons. The van der Waals surface area contributed by atoms with Crippen molar-refractivity contribution in [1.82, 2.24) is 4.90 Å². The normalized spacial score (nSPS) is 19.3. The standard InChI is InChI=1S/C18H25NO4/c1-18(2,3)23-17(21)19-12-8-11-14(19)15(16(20)22-4)13-9-6-5-7-10-13/h5-7,9-10,14-15H,8,11-12H2,1-4H3/t14-,15+/m0/s1. The number of amides is 1. The molecule has 0 aliphatic carbocycles. The Hall–Kier alpha value is -2.04. The number of nitrogens with zero attached hydrogens (tertiary/aromatic N) is 1. The Morgan fingerprint density at radius 2 is 1.87 bits per heavy atom. The third kappa shape index (κ3) is 4.24. The molecule has 1 heterocycles. The first-order valence-corrected chi connectivity index (χ1v) is 7.96. The van der Waals surface area contributed by atoms with Crippen LogP contribution in [0.4, 0.5) is 4.79 Å². The van der Waals surface area contributed by atoms with Crippen molar-refractivity contribution >= 4 is 12.1 Å². The smallest absolute Gasteiger partial charge is 0.410 e. The molecular weight excluding hydrogens is 294 g/mol. The highest BCUT2D eigenvalue weighted by Crippen LogP contribution is 2.33. The van der Waals surface area contributed by atoms with Crippen LogP contribution in [-0.2, 0) is 14.3 Å². The minimum absolute atomic E-state index is 0.236. The molecule has 2 rings (SSSR count). The van der Waals surface area contributed by atoms with Gasteiger partial charge in [0.25, 0.3) is 0 Å². The third-order valence-electron chi connectivity index (χ3n) is 3.93. The van der Waals surface area contributed by atoms with E-state index in [1.54, 1.807) is 4.90 Å². The van der Waals surface area contributed by atoms with E-state index in [9.17, 15) is 9.59 Å². The SMILES string of the molecule is COC(=O)[C@H](c1ccccc1)[C@@H]1CCCN1C(=O)OC(C)(C)C. The predicted octanol–water partition coefficient (Wildman–Crippen LogP) is 3.34. The maximum Gasteiger partial charge on any atom is 0.410 e. The minimum atomic E-state index is -0.558. The number of ether oxygens (including phenoxy) is 2. The van der Waals surface area contributed by atoms with E-state index in [2.05, 4.69) is 0 Å². The lowest BCUT2D eigenvalue weighted by atomic mass is 9.90. The Labute approximate surface area is 137 Å². The van der Waals surface area contributed by atoms with Crippen LogP contribution in [0.15, 0.2) is 30.3 Å². The molecule has 0 aromatic heterocycles. The van der Waals surface area contributed by atoms with Gasteiger partial charge in [0.1, 0.15) is 11.5 Å². The van der Waals surface area contributed by atoms with Crippen molar-refractivity contribution in [2.24, 2.45) is 0 Å². The van der Waals surface area contributed by atoms with E-state index in [0.717, 1.165) is 18.4 Å². The number of hydrogen-bond acceptors (Lipinski definition) is 4. The van der Waals surface area contributed by atoms with Crippen LogP contribution in [0.3, 0.4) is 0 Å². The fourth-order valence-corrected chi connectivity index (χ4v) is 2.99. The average molecular weight is 319 g/mol. The van der Waals surface area contributed by atoms with Crippen molar-refractivity contribution in [2.75, 3.05) is 13.7 Å². The quantitative estimate of drug-likeness (QED) is 0.802. The lowest BCUT2D eigenvalue weighted by molar-refractivity contribution is -0.143. The minimum Gasteiger partial charge on any atom is -0.468 e. The summed E-state index contributed by atoms with van der Waals surface area (Å²) in [4.78, 5) is 26.5. The van der Waals surface area contributed by atoms with Crippen LogP contribution in [-0.4, -0.2) is 42.3 Å². The van der Waals surface area contributed by atoms with Gasteiger partial charge < -0.3 is 14.4 Å². The summed E-state index contributed by atoms with van der Waals surface area (Å²) in [7, 11) is 1.38. The van der Waals surface area contributed by atoms with Gasteiger partial charge in [-0.2, -0.15) is 0 Å². The lowest BCUT2D eigenvalue weighted by Gasteiger charge is -2.32. The summed E-state index contributed by atoms with van der Waals surface area (Å²) < 4.78 is 10.5. The number of benzene rings is 1. The van der Waals surface area contributed by atoms with Crippen molar-refractivity contribution in [3.05, 3.63) is 35.9 Å². The van der Waals surface area contributed by atoms with Gasteiger partial charge in [-0.1, -0.05) is 30.3 Å². The molecule has 0 bridgehead atoms. The second kappa shape index (κ2) is 7.02. The highest BCUT2D eigenvalue weighted by molar-refractivity contribution is 5.80. The van der Waals surface area contributed by atoms with Gasteiger partial charge in [-0.3, -0.25) is 4.79 Å². The van der Waals surface area contributed by atoms with Gasteiger partial charge in [0.15, 0.2) is 0 Å². The first-order chi connectivity index (χ1) is 10.8.